The molecule has 2 rings (SSSR count). The van der Waals surface area contributed by atoms with Crippen molar-refractivity contribution in [3.05, 3.63) is 34.4 Å². The minimum atomic E-state index is -0.543. The van der Waals surface area contributed by atoms with Gasteiger partial charge in [0.05, 0.1) is 10.8 Å². The highest BCUT2D eigenvalue weighted by Crippen LogP contribution is 2.25. The van der Waals surface area contributed by atoms with Gasteiger partial charge in [0.25, 0.3) is 5.69 Å². The monoisotopic (exact) mass is 263 g/mol. The van der Waals surface area contributed by atoms with Gasteiger partial charge in [0.15, 0.2) is 0 Å². The number of likely N-dealkylation sites (tertiary alicyclic amines) is 1. The molecule has 0 radical (unpaired) electrons. The Labute approximate surface area is 109 Å². The lowest BCUT2D eigenvalue weighted by molar-refractivity contribution is -0.383. The number of nitrogens with zero attached hydrogens (tertiary/aromatic N) is 2. The highest BCUT2D eigenvalue weighted by atomic mass is 16.6. The molecule has 1 fully saturated rings. The molecule has 0 aliphatic carbocycles. The number of benzene rings is 1. The number of hydrogen-bond donors (Lipinski definition) is 1. The first-order valence-corrected chi connectivity index (χ1v) is 5.79. The average Bonchev–Trinajstić information content (AvgIpc) is 2.26. The van der Waals surface area contributed by atoms with Crippen LogP contribution < -0.4 is 5.32 Å². The molecular formula is C12H13N3O4. The van der Waals surface area contributed by atoms with Gasteiger partial charge in [-0.25, -0.2) is 0 Å². The first-order chi connectivity index (χ1) is 8.99. The van der Waals surface area contributed by atoms with Gasteiger partial charge in [-0.2, -0.15) is 0 Å². The smallest absolute Gasteiger partial charge is 0.292 e. The molecule has 0 atom stereocenters. The summed E-state index contributed by atoms with van der Waals surface area (Å²) in [5.41, 5.74) is 0.0392. The van der Waals surface area contributed by atoms with E-state index in [9.17, 15) is 19.7 Å². The Bertz CT molecular complexity index is 538. The fourth-order valence-corrected chi connectivity index (χ4v) is 1.87. The highest BCUT2D eigenvalue weighted by Gasteiger charge is 2.34. The van der Waals surface area contributed by atoms with E-state index >= 15 is 0 Å². The number of nitrogens with one attached hydrogen (secondary N) is 1. The number of carbonyl (C=O) groups excluding carboxylic acids is 2. The van der Waals surface area contributed by atoms with Crippen molar-refractivity contribution >= 4 is 23.2 Å². The normalized spacial score (nSPS) is 14.7. The minimum Gasteiger partial charge on any atom is -0.341 e. The number of hydrogen-bond acceptors (Lipinski definition) is 4. The average molecular weight is 263 g/mol. The van der Waals surface area contributed by atoms with Crippen molar-refractivity contribution in [3.8, 4) is 0 Å². The molecule has 19 heavy (non-hydrogen) atoms. The summed E-state index contributed by atoms with van der Waals surface area (Å²) in [6.45, 7) is 2.17. The second-order valence-corrected chi connectivity index (χ2v) is 4.38. The van der Waals surface area contributed by atoms with E-state index < -0.39 is 4.92 Å². The summed E-state index contributed by atoms with van der Waals surface area (Å²) < 4.78 is 0. The van der Waals surface area contributed by atoms with Gasteiger partial charge in [-0.1, -0.05) is 12.1 Å². The van der Waals surface area contributed by atoms with Crippen molar-refractivity contribution in [1.82, 2.24) is 4.90 Å². The molecule has 1 N–H and O–H groups in total. The summed E-state index contributed by atoms with van der Waals surface area (Å²) in [7, 11) is 0. The summed E-state index contributed by atoms with van der Waals surface area (Å²) in [4.78, 5) is 34.7. The number of amides is 2. The third kappa shape index (κ3) is 2.70. The van der Waals surface area contributed by atoms with E-state index in [1.807, 2.05) is 0 Å². The van der Waals surface area contributed by atoms with Crippen molar-refractivity contribution in [2.75, 3.05) is 18.4 Å². The van der Waals surface area contributed by atoms with E-state index in [0.29, 0.717) is 13.1 Å². The predicted molar refractivity (Wildman–Crippen MR) is 67.5 cm³/mol. The van der Waals surface area contributed by atoms with Gasteiger partial charge in [0, 0.05) is 26.1 Å². The molecule has 1 aromatic carbocycles. The number of nitro groups is 1. The largest absolute Gasteiger partial charge is 0.341 e. The maximum absolute atomic E-state index is 11.9. The molecule has 7 heteroatoms. The topological polar surface area (TPSA) is 92.6 Å². The Morgan fingerprint density at radius 3 is 2.58 bits per heavy atom. The van der Waals surface area contributed by atoms with E-state index in [1.54, 1.807) is 11.0 Å². The van der Waals surface area contributed by atoms with Gasteiger partial charge in [-0.15, -0.1) is 0 Å². The highest BCUT2D eigenvalue weighted by molar-refractivity contribution is 5.96. The number of para-hydroxylation sites is 2. The summed E-state index contributed by atoms with van der Waals surface area (Å²) >= 11 is 0. The molecule has 7 nitrogen and oxygen atoms in total. The third-order valence-electron chi connectivity index (χ3n) is 3.06. The fraction of sp³-hybridized carbons (Fsp3) is 0.333. The number of nitro benzene ring substituents is 1. The minimum absolute atomic E-state index is 0.0743. The Morgan fingerprint density at radius 1 is 1.37 bits per heavy atom. The summed E-state index contributed by atoms with van der Waals surface area (Å²) in [6, 6.07) is 5.97. The van der Waals surface area contributed by atoms with Gasteiger partial charge in [-0.05, 0) is 6.07 Å². The summed E-state index contributed by atoms with van der Waals surface area (Å²) in [5, 5.41) is 13.3. The van der Waals surface area contributed by atoms with Gasteiger partial charge in [-0.3, -0.25) is 19.7 Å². The molecule has 0 bridgehead atoms. The van der Waals surface area contributed by atoms with Crippen LogP contribution in [0.3, 0.4) is 0 Å². The van der Waals surface area contributed by atoms with Crippen LogP contribution in [0.25, 0.3) is 0 Å². The van der Waals surface area contributed by atoms with Crippen LogP contribution in [-0.4, -0.2) is 34.7 Å². The molecular weight excluding hydrogens is 250 g/mol. The number of rotatable bonds is 3. The lowest BCUT2D eigenvalue weighted by atomic mass is 9.99. The summed E-state index contributed by atoms with van der Waals surface area (Å²) in [6.07, 6.45) is 0. The fourth-order valence-electron chi connectivity index (χ4n) is 1.87. The predicted octanol–water partition coefficient (Wildman–Crippen LogP) is 1.01. The molecule has 0 saturated carbocycles. The zero-order valence-corrected chi connectivity index (χ0v) is 10.3. The quantitative estimate of drug-likeness (QED) is 0.650. The van der Waals surface area contributed by atoms with Crippen LogP contribution in [0.15, 0.2) is 24.3 Å². The van der Waals surface area contributed by atoms with Crippen LogP contribution in [0.4, 0.5) is 11.4 Å². The van der Waals surface area contributed by atoms with Gasteiger partial charge in [0.1, 0.15) is 5.69 Å². The van der Waals surface area contributed by atoms with Crippen LogP contribution in [-0.2, 0) is 9.59 Å². The molecule has 1 aromatic rings. The first kappa shape index (κ1) is 13.0. The lowest BCUT2D eigenvalue weighted by Crippen LogP contribution is -2.53. The maximum Gasteiger partial charge on any atom is 0.292 e. The van der Waals surface area contributed by atoms with E-state index in [0.717, 1.165) is 0 Å². The van der Waals surface area contributed by atoms with Crippen LogP contribution in [0.2, 0.25) is 0 Å². The van der Waals surface area contributed by atoms with E-state index in [2.05, 4.69) is 5.32 Å². The Hall–Kier alpha value is -2.44. The number of carbonyl (C=O) groups is 2. The van der Waals surface area contributed by atoms with Gasteiger partial charge in [0.2, 0.25) is 11.8 Å². The Kier molecular flexibility index (Phi) is 3.46. The Balaban J connectivity index is 2.01. The zero-order valence-electron chi connectivity index (χ0n) is 10.3. The van der Waals surface area contributed by atoms with Crippen LogP contribution in [0.1, 0.15) is 6.92 Å². The van der Waals surface area contributed by atoms with Gasteiger partial charge >= 0.3 is 0 Å². The molecule has 2 amide bonds. The first-order valence-electron chi connectivity index (χ1n) is 5.79. The maximum atomic E-state index is 11.9. The third-order valence-corrected chi connectivity index (χ3v) is 3.06. The molecule has 100 valence electrons. The van der Waals surface area contributed by atoms with Gasteiger partial charge < -0.3 is 10.2 Å². The van der Waals surface area contributed by atoms with E-state index in [-0.39, 0.29) is 29.1 Å². The molecule has 1 saturated heterocycles. The van der Waals surface area contributed by atoms with E-state index in [4.69, 9.17) is 0 Å². The molecule has 1 aliphatic heterocycles. The van der Waals surface area contributed by atoms with Crippen LogP contribution in [0.5, 0.6) is 0 Å². The van der Waals surface area contributed by atoms with Crippen molar-refractivity contribution in [2.24, 2.45) is 5.92 Å². The van der Waals surface area contributed by atoms with Crippen LogP contribution in [0, 0.1) is 16.0 Å². The summed E-state index contributed by atoms with van der Waals surface area (Å²) in [5.74, 6) is -0.676. The molecule has 1 aliphatic rings. The van der Waals surface area contributed by atoms with E-state index in [1.165, 1.54) is 25.1 Å². The molecule has 0 unspecified atom stereocenters. The van der Waals surface area contributed by atoms with Crippen molar-refractivity contribution in [3.63, 3.8) is 0 Å². The van der Waals surface area contributed by atoms with Crippen molar-refractivity contribution in [2.45, 2.75) is 6.92 Å². The SMILES string of the molecule is CC(=O)N1CC(C(=O)Nc2ccccc2[N+](=O)[O-])C1. The molecule has 1 heterocycles. The zero-order chi connectivity index (χ0) is 14.0. The Morgan fingerprint density at radius 2 is 2.00 bits per heavy atom. The second kappa shape index (κ2) is 5.05. The van der Waals surface area contributed by atoms with Crippen molar-refractivity contribution < 1.29 is 14.5 Å². The molecule has 0 aromatic heterocycles. The lowest BCUT2D eigenvalue weighted by Gasteiger charge is -2.37. The van der Waals surface area contributed by atoms with Crippen molar-refractivity contribution in [1.29, 1.82) is 0 Å². The number of anilines is 1. The standard InChI is InChI=1S/C12H13N3O4/c1-8(16)14-6-9(7-14)12(17)13-10-4-2-3-5-11(10)15(18)19/h2-5,9H,6-7H2,1H3,(H,13,17). The van der Waals surface area contributed by atoms with Crippen LogP contribution >= 0.6 is 0 Å². The second-order valence-electron chi connectivity index (χ2n) is 4.38. The molecule has 0 spiro atoms.